The van der Waals surface area contributed by atoms with E-state index in [2.05, 4.69) is 43.6 Å². The van der Waals surface area contributed by atoms with Crippen LogP contribution in [0.25, 0.3) is 5.69 Å². The van der Waals surface area contributed by atoms with Crippen molar-refractivity contribution in [1.82, 2.24) is 9.78 Å². The fourth-order valence-electron chi connectivity index (χ4n) is 1.37. The van der Waals surface area contributed by atoms with Gasteiger partial charge >= 0.3 is 0 Å². The molecule has 0 saturated carbocycles. The average Bonchev–Trinajstić information content (AvgIpc) is 2.64. The molecule has 2 aromatic rings. The largest absolute Gasteiger partial charge is 0.326 e. The number of halogens is 2. The quantitative estimate of drug-likeness (QED) is 0.818. The molecule has 5 heteroatoms. The maximum atomic E-state index is 5.70. The van der Waals surface area contributed by atoms with Gasteiger partial charge in [-0.3, -0.25) is 0 Å². The smallest absolute Gasteiger partial charge is 0.0691 e. The summed E-state index contributed by atoms with van der Waals surface area (Å²) in [6.45, 7) is 0.505. The van der Waals surface area contributed by atoms with Crippen LogP contribution in [0.3, 0.4) is 0 Å². The molecule has 0 fully saturated rings. The first-order valence-corrected chi connectivity index (χ1v) is 6.27. The average molecular weight is 378 g/mol. The maximum Gasteiger partial charge on any atom is 0.0691 e. The van der Waals surface area contributed by atoms with Crippen LogP contribution >= 0.6 is 38.5 Å². The van der Waals surface area contributed by atoms with Gasteiger partial charge in [-0.25, -0.2) is 4.68 Å². The summed E-state index contributed by atoms with van der Waals surface area (Å²) in [7, 11) is 0. The van der Waals surface area contributed by atoms with Crippen molar-refractivity contribution in [2.45, 2.75) is 6.54 Å². The van der Waals surface area contributed by atoms with Gasteiger partial charge in [-0.2, -0.15) is 5.10 Å². The molecule has 0 radical (unpaired) electrons. The molecule has 0 aliphatic heterocycles. The Morgan fingerprint density at radius 2 is 2.27 bits per heavy atom. The summed E-state index contributed by atoms with van der Waals surface area (Å²) < 4.78 is 3.99. The Kier molecular flexibility index (Phi) is 3.42. The number of hydrogen-bond acceptors (Lipinski definition) is 2. The fraction of sp³-hybridized carbons (Fsp3) is 0.100. The minimum Gasteiger partial charge on any atom is -0.326 e. The predicted molar refractivity (Wildman–Crippen MR) is 71.9 cm³/mol. The topological polar surface area (TPSA) is 43.8 Å². The van der Waals surface area contributed by atoms with E-state index >= 15 is 0 Å². The predicted octanol–water partition coefficient (Wildman–Crippen LogP) is 2.70. The molecule has 1 aromatic heterocycles. The van der Waals surface area contributed by atoms with E-state index in [0.717, 1.165) is 19.3 Å². The van der Waals surface area contributed by atoms with Crippen LogP contribution in [0.5, 0.6) is 0 Å². The zero-order valence-corrected chi connectivity index (χ0v) is 11.6. The molecular formula is C10H9BrIN3. The first-order valence-electron chi connectivity index (χ1n) is 4.40. The molecule has 0 atom stereocenters. The summed E-state index contributed by atoms with van der Waals surface area (Å²) in [6, 6.07) is 6.02. The molecule has 0 aliphatic rings. The van der Waals surface area contributed by atoms with Gasteiger partial charge < -0.3 is 5.73 Å². The summed E-state index contributed by atoms with van der Waals surface area (Å²) in [4.78, 5) is 0. The van der Waals surface area contributed by atoms with Crippen molar-refractivity contribution in [3.05, 3.63) is 44.2 Å². The van der Waals surface area contributed by atoms with Gasteiger partial charge in [-0.05, 0) is 46.4 Å². The maximum absolute atomic E-state index is 5.70. The van der Waals surface area contributed by atoms with Gasteiger partial charge in [0.2, 0.25) is 0 Å². The highest BCUT2D eigenvalue weighted by molar-refractivity contribution is 14.1. The minimum atomic E-state index is 0.505. The molecule has 2 rings (SSSR count). The number of hydrogen-bond donors (Lipinski definition) is 1. The second-order valence-electron chi connectivity index (χ2n) is 3.08. The molecule has 0 amide bonds. The van der Waals surface area contributed by atoms with E-state index in [4.69, 9.17) is 5.73 Å². The lowest BCUT2D eigenvalue weighted by atomic mass is 10.2. The van der Waals surface area contributed by atoms with Crippen LogP contribution in [0.1, 0.15) is 5.56 Å². The Labute approximate surface area is 110 Å². The number of rotatable bonds is 2. The molecule has 15 heavy (non-hydrogen) atoms. The van der Waals surface area contributed by atoms with E-state index in [1.54, 1.807) is 0 Å². The van der Waals surface area contributed by atoms with Gasteiger partial charge in [0.15, 0.2) is 0 Å². The lowest BCUT2D eigenvalue weighted by Gasteiger charge is -2.07. The molecule has 1 heterocycles. The highest BCUT2D eigenvalue weighted by Crippen LogP contribution is 2.20. The van der Waals surface area contributed by atoms with Gasteiger partial charge in [0.1, 0.15) is 0 Å². The molecule has 78 valence electrons. The van der Waals surface area contributed by atoms with Gasteiger partial charge in [0, 0.05) is 17.2 Å². The first kappa shape index (κ1) is 11.1. The lowest BCUT2D eigenvalue weighted by molar-refractivity contribution is 0.858. The third kappa shape index (κ3) is 2.40. The van der Waals surface area contributed by atoms with Gasteiger partial charge in [0.05, 0.1) is 15.5 Å². The Morgan fingerprint density at radius 3 is 2.87 bits per heavy atom. The van der Waals surface area contributed by atoms with E-state index in [1.807, 2.05) is 35.3 Å². The molecule has 1 aromatic carbocycles. The highest BCUT2D eigenvalue weighted by Gasteiger charge is 2.05. The zero-order valence-electron chi connectivity index (χ0n) is 7.82. The molecule has 0 saturated heterocycles. The Morgan fingerprint density at radius 1 is 1.47 bits per heavy atom. The van der Waals surface area contributed by atoms with Crippen molar-refractivity contribution < 1.29 is 0 Å². The van der Waals surface area contributed by atoms with E-state index in [0.29, 0.717) is 6.54 Å². The van der Waals surface area contributed by atoms with Gasteiger partial charge in [-0.15, -0.1) is 0 Å². The van der Waals surface area contributed by atoms with Crippen LogP contribution in [0, 0.1) is 3.57 Å². The van der Waals surface area contributed by atoms with Crippen LogP contribution < -0.4 is 5.73 Å². The van der Waals surface area contributed by atoms with Crippen molar-refractivity contribution >= 4 is 38.5 Å². The molecule has 0 aliphatic carbocycles. The van der Waals surface area contributed by atoms with Crippen LogP contribution in [0.15, 0.2) is 35.1 Å². The van der Waals surface area contributed by atoms with Crippen molar-refractivity contribution in [2.24, 2.45) is 5.73 Å². The minimum absolute atomic E-state index is 0.505. The van der Waals surface area contributed by atoms with Crippen LogP contribution in [-0.2, 0) is 6.54 Å². The van der Waals surface area contributed by atoms with Crippen LogP contribution in [-0.4, -0.2) is 9.78 Å². The van der Waals surface area contributed by atoms with Crippen LogP contribution in [0.2, 0.25) is 0 Å². The first-order chi connectivity index (χ1) is 7.20. The molecule has 2 N–H and O–H groups in total. The third-order valence-corrected chi connectivity index (χ3v) is 3.11. The van der Waals surface area contributed by atoms with Crippen molar-refractivity contribution in [3.63, 3.8) is 0 Å². The fourth-order valence-corrected chi connectivity index (χ4v) is 2.17. The number of nitrogens with zero attached hydrogens (tertiary/aromatic N) is 2. The van der Waals surface area contributed by atoms with Gasteiger partial charge in [-0.1, -0.05) is 15.9 Å². The van der Waals surface area contributed by atoms with Crippen LogP contribution in [0.4, 0.5) is 0 Å². The zero-order chi connectivity index (χ0) is 10.8. The molecular weight excluding hydrogens is 369 g/mol. The second kappa shape index (κ2) is 4.63. The van der Waals surface area contributed by atoms with E-state index in [9.17, 15) is 0 Å². The lowest BCUT2D eigenvalue weighted by Crippen LogP contribution is -2.04. The highest BCUT2D eigenvalue weighted by atomic mass is 127. The summed E-state index contributed by atoms with van der Waals surface area (Å²) in [5.41, 5.74) is 7.80. The summed E-state index contributed by atoms with van der Waals surface area (Å²) in [5, 5.41) is 4.26. The molecule has 3 nitrogen and oxygen atoms in total. The third-order valence-electron chi connectivity index (χ3n) is 2.06. The van der Waals surface area contributed by atoms with E-state index in [-0.39, 0.29) is 0 Å². The van der Waals surface area contributed by atoms with Crippen molar-refractivity contribution in [3.8, 4) is 5.69 Å². The number of nitrogens with two attached hydrogens (primary N) is 1. The SMILES string of the molecule is NCc1cc(Br)ccc1-n1cc(I)cn1. The Balaban J connectivity index is 2.52. The number of benzene rings is 1. The second-order valence-corrected chi connectivity index (χ2v) is 5.24. The van der Waals surface area contributed by atoms with E-state index in [1.165, 1.54) is 0 Å². The van der Waals surface area contributed by atoms with E-state index < -0.39 is 0 Å². The molecule has 0 unspecified atom stereocenters. The Bertz CT molecular complexity index is 481. The summed E-state index contributed by atoms with van der Waals surface area (Å²) in [6.07, 6.45) is 3.80. The summed E-state index contributed by atoms with van der Waals surface area (Å²) in [5.74, 6) is 0. The normalized spacial score (nSPS) is 10.6. The Hall–Kier alpha value is -0.400. The summed E-state index contributed by atoms with van der Waals surface area (Å²) >= 11 is 5.66. The van der Waals surface area contributed by atoms with Gasteiger partial charge in [0.25, 0.3) is 0 Å². The van der Waals surface area contributed by atoms with Crippen molar-refractivity contribution in [1.29, 1.82) is 0 Å². The molecule has 0 bridgehead atoms. The standard InChI is InChI=1S/C10H9BrIN3/c11-8-1-2-10(7(3-8)4-13)15-6-9(12)5-14-15/h1-3,5-6H,4,13H2. The monoisotopic (exact) mass is 377 g/mol. The van der Waals surface area contributed by atoms with Crippen molar-refractivity contribution in [2.75, 3.05) is 0 Å². The molecule has 0 spiro atoms. The number of aromatic nitrogens is 2.